The molecule has 0 aliphatic rings. The number of allylic oxidation sites excluding steroid dienone is 18. The van der Waals surface area contributed by atoms with Crippen molar-refractivity contribution in [2.24, 2.45) is 0 Å². The highest BCUT2D eigenvalue weighted by Gasteiger charge is 2.19. The average Bonchev–Trinajstić information content (AvgIpc) is 3.23. The van der Waals surface area contributed by atoms with E-state index in [0.717, 1.165) is 116 Å². The van der Waals surface area contributed by atoms with Gasteiger partial charge in [-0.05, 0) is 89.9 Å². The highest BCUT2D eigenvalue weighted by Crippen LogP contribution is 2.12. The molecule has 0 bridgehead atoms. The van der Waals surface area contributed by atoms with Crippen LogP contribution in [0.5, 0.6) is 0 Å². The molecule has 0 amide bonds. The maximum Gasteiger partial charge on any atom is 0.306 e. The number of esters is 3. The van der Waals surface area contributed by atoms with Gasteiger partial charge in [0, 0.05) is 19.3 Å². The summed E-state index contributed by atoms with van der Waals surface area (Å²) >= 11 is 0. The number of hydrogen-bond acceptors (Lipinski definition) is 6. The Hall–Kier alpha value is -3.93. The first-order chi connectivity index (χ1) is 29.0. The van der Waals surface area contributed by atoms with Crippen molar-refractivity contribution in [1.82, 2.24) is 0 Å². The van der Waals surface area contributed by atoms with Crippen molar-refractivity contribution >= 4 is 17.9 Å². The maximum absolute atomic E-state index is 12.6. The Morgan fingerprint density at radius 2 is 0.695 bits per heavy atom. The van der Waals surface area contributed by atoms with Crippen molar-refractivity contribution in [3.63, 3.8) is 0 Å². The molecule has 6 nitrogen and oxygen atoms in total. The van der Waals surface area contributed by atoms with E-state index < -0.39 is 12.1 Å². The molecule has 0 aromatic rings. The molecule has 0 fully saturated rings. The number of carbonyl (C=O) groups excluding carboxylic acids is 3. The molecule has 0 aromatic heterocycles. The van der Waals surface area contributed by atoms with E-state index >= 15 is 0 Å². The van der Waals surface area contributed by atoms with Crippen LogP contribution in [0, 0.1) is 0 Å². The van der Waals surface area contributed by atoms with Gasteiger partial charge in [0.05, 0.1) is 0 Å². The average molecular weight is 817 g/mol. The van der Waals surface area contributed by atoms with Gasteiger partial charge in [0.2, 0.25) is 0 Å². The Kier molecular flexibility index (Phi) is 43.6. The highest BCUT2D eigenvalue weighted by molar-refractivity contribution is 5.71. The SMILES string of the molecule is CC/C=C\C/C=C\C/C=C\C/C=C\C/C=C\CCCCCCCCCC(=O)OCC(COC(=O)CCCCCCC)OC(=O)CC/C=C\C/C=C\C/C=C\C/C=C\CC. The molecule has 332 valence electrons. The minimum atomic E-state index is -0.817. The van der Waals surface area contributed by atoms with Crippen LogP contribution < -0.4 is 0 Å². The summed E-state index contributed by atoms with van der Waals surface area (Å²) in [5.74, 6) is -1.03. The number of carbonyl (C=O) groups is 3. The largest absolute Gasteiger partial charge is 0.462 e. The number of ether oxygens (including phenoxy) is 3. The molecule has 0 spiro atoms. The number of rotatable bonds is 40. The minimum absolute atomic E-state index is 0.113. The first kappa shape index (κ1) is 55.1. The first-order valence-corrected chi connectivity index (χ1v) is 23.4. The Morgan fingerprint density at radius 3 is 1.10 bits per heavy atom. The molecule has 0 radical (unpaired) electrons. The van der Waals surface area contributed by atoms with Gasteiger partial charge in [-0.2, -0.15) is 0 Å². The van der Waals surface area contributed by atoms with Crippen LogP contribution in [0.15, 0.2) is 109 Å². The van der Waals surface area contributed by atoms with Gasteiger partial charge in [-0.15, -0.1) is 0 Å². The zero-order valence-electron chi connectivity index (χ0n) is 37.7. The van der Waals surface area contributed by atoms with Gasteiger partial charge in [-0.1, -0.05) is 188 Å². The fraction of sp³-hybridized carbons (Fsp3) is 0.604. The van der Waals surface area contributed by atoms with Gasteiger partial charge in [-0.25, -0.2) is 0 Å². The summed E-state index contributed by atoms with van der Waals surface area (Å²) in [6, 6.07) is 0. The zero-order valence-corrected chi connectivity index (χ0v) is 37.7. The minimum Gasteiger partial charge on any atom is -0.462 e. The molecule has 0 rings (SSSR count). The molecular formula is C53H84O6. The molecule has 0 saturated heterocycles. The van der Waals surface area contributed by atoms with Crippen LogP contribution in [0.3, 0.4) is 0 Å². The smallest absolute Gasteiger partial charge is 0.306 e. The summed E-state index contributed by atoms with van der Waals surface area (Å²) in [6.07, 6.45) is 62.7. The molecule has 0 saturated carbocycles. The molecule has 0 heterocycles. The lowest BCUT2D eigenvalue weighted by Crippen LogP contribution is -2.30. The fourth-order valence-electron chi connectivity index (χ4n) is 5.83. The van der Waals surface area contributed by atoms with Crippen molar-refractivity contribution < 1.29 is 28.6 Å². The summed E-state index contributed by atoms with van der Waals surface area (Å²) in [7, 11) is 0. The second-order valence-electron chi connectivity index (χ2n) is 14.9. The lowest BCUT2D eigenvalue weighted by Gasteiger charge is -2.18. The molecule has 0 aliphatic carbocycles. The van der Waals surface area contributed by atoms with Gasteiger partial charge in [0.25, 0.3) is 0 Å². The third kappa shape index (κ3) is 45.0. The third-order valence-corrected chi connectivity index (χ3v) is 9.29. The molecule has 0 aliphatic heterocycles. The van der Waals surface area contributed by atoms with E-state index in [1.807, 2.05) is 12.2 Å². The van der Waals surface area contributed by atoms with Gasteiger partial charge >= 0.3 is 17.9 Å². The molecule has 0 N–H and O–H groups in total. The van der Waals surface area contributed by atoms with Crippen LogP contribution in [0.4, 0.5) is 0 Å². The summed E-state index contributed by atoms with van der Waals surface area (Å²) in [4.78, 5) is 37.5. The topological polar surface area (TPSA) is 78.9 Å². The van der Waals surface area contributed by atoms with Crippen molar-refractivity contribution in [2.45, 2.75) is 194 Å². The summed E-state index contributed by atoms with van der Waals surface area (Å²) in [5.41, 5.74) is 0. The van der Waals surface area contributed by atoms with Gasteiger partial charge < -0.3 is 14.2 Å². The van der Waals surface area contributed by atoms with E-state index in [4.69, 9.17) is 14.2 Å². The predicted molar refractivity (Wildman–Crippen MR) is 251 cm³/mol. The standard InChI is InChI=1S/C53H84O6/c1-4-7-10-13-15-17-19-21-22-23-24-25-26-27-28-29-30-32-33-35-37-40-43-46-52(55)58-49-50(48-57-51(54)45-42-39-12-9-6-3)59-53(56)47-44-41-38-36-34-31-20-18-16-14-11-8-5-2/h7-8,10-11,15-18,21-22,24-25,27-28,31,34,38,41,50H,4-6,9,12-14,19-20,23,26,29-30,32-33,35-37,39-40,42-49H2,1-3H3/b10-7-,11-8-,17-15-,18-16-,22-21-,25-24-,28-27-,34-31-,41-38-. The quantitative estimate of drug-likeness (QED) is 0.0265. The van der Waals surface area contributed by atoms with Crippen molar-refractivity contribution in [2.75, 3.05) is 13.2 Å². The maximum atomic E-state index is 12.6. The van der Waals surface area contributed by atoms with Gasteiger partial charge in [0.1, 0.15) is 13.2 Å². The highest BCUT2D eigenvalue weighted by atomic mass is 16.6. The Balaban J connectivity index is 4.27. The van der Waals surface area contributed by atoms with Crippen LogP contribution in [-0.2, 0) is 28.6 Å². The number of unbranched alkanes of at least 4 members (excludes halogenated alkanes) is 11. The Labute approximate surface area is 361 Å². The second-order valence-corrected chi connectivity index (χ2v) is 14.9. The van der Waals surface area contributed by atoms with Crippen LogP contribution in [0.25, 0.3) is 0 Å². The van der Waals surface area contributed by atoms with Crippen LogP contribution in [-0.4, -0.2) is 37.2 Å². The summed E-state index contributed by atoms with van der Waals surface area (Å²) in [6.45, 7) is 6.22. The van der Waals surface area contributed by atoms with Gasteiger partial charge in [0.15, 0.2) is 6.10 Å². The monoisotopic (exact) mass is 817 g/mol. The third-order valence-electron chi connectivity index (χ3n) is 9.29. The molecule has 1 atom stereocenters. The molecule has 1 unspecified atom stereocenters. The van der Waals surface area contributed by atoms with Crippen LogP contribution >= 0.6 is 0 Å². The van der Waals surface area contributed by atoms with Gasteiger partial charge in [-0.3, -0.25) is 14.4 Å². The number of hydrogen-bond donors (Lipinski definition) is 0. The zero-order chi connectivity index (χ0) is 43.0. The van der Waals surface area contributed by atoms with E-state index in [9.17, 15) is 14.4 Å². The fourth-order valence-corrected chi connectivity index (χ4v) is 5.83. The molecule has 59 heavy (non-hydrogen) atoms. The summed E-state index contributed by atoms with van der Waals surface area (Å²) < 4.78 is 16.5. The molecular weight excluding hydrogens is 733 g/mol. The summed E-state index contributed by atoms with van der Waals surface area (Å²) in [5, 5.41) is 0. The van der Waals surface area contributed by atoms with E-state index in [1.54, 1.807) is 0 Å². The van der Waals surface area contributed by atoms with E-state index in [0.29, 0.717) is 19.3 Å². The van der Waals surface area contributed by atoms with Crippen molar-refractivity contribution in [3.8, 4) is 0 Å². The van der Waals surface area contributed by atoms with E-state index in [2.05, 4.69) is 118 Å². The normalized spacial score (nSPS) is 13.1. The van der Waals surface area contributed by atoms with E-state index in [-0.39, 0.29) is 31.6 Å². The van der Waals surface area contributed by atoms with Crippen molar-refractivity contribution in [3.05, 3.63) is 109 Å². The Morgan fingerprint density at radius 1 is 0.356 bits per heavy atom. The lowest BCUT2D eigenvalue weighted by molar-refractivity contribution is -0.166. The lowest BCUT2D eigenvalue weighted by atomic mass is 10.1. The Bertz CT molecular complexity index is 1260. The molecule has 0 aromatic carbocycles. The molecule has 6 heteroatoms. The second kappa shape index (κ2) is 46.8. The van der Waals surface area contributed by atoms with E-state index in [1.165, 1.54) is 25.7 Å². The van der Waals surface area contributed by atoms with Crippen molar-refractivity contribution in [1.29, 1.82) is 0 Å². The van der Waals surface area contributed by atoms with Crippen LogP contribution in [0.2, 0.25) is 0 Å². The van der Waals surface area contributed by atoms with Crippen LogP contribution in [0.1, 0.15) is 188 Å². The first-order valence-electron chi connectivity index (χ1n) is 23.4. The predicted octanol–water partition coefficient (Wildman–Crippen LogP) is 15.2.